The first kappa shape index (κ1) is 20.5. The van der Waals surface area contributed by atoms with Gasteiger partial charge in [0.05, 0.1) is 26.2 Å². The number of anilines is 1. The van der Waals surface area contributed by atoms with Crippen molar-refractivity contribution < 1.29 is 19.1 Å². The van der Waals surface area contributed by atoms with E-state index in [0.29, 0.717) is 18.1 Å². The number of methoxy groups -OCH3 is 2. The molecule has 2 aromatic carbocycles. The van der Waals surface area contributed by atoms with Crippen molar-refractivity contribution in [1.82, 2.24) is 4.90 Å². The maximum atomic E-state index is 13.4. The van der Waals surface area contributed by atoms with Crippen LogP contribution in [0.25, 0.3) is 0 Å². The van der Waals surface area contributed by atoms with Crippen molar-refractivity contribution in [3.63, 3.8) is 0 Å². The molecule has 2 aliphatic heterocycles. The number of amides is 2. The lowest BCUT2D eigenvalue weighted by Crippen LogP contribution is -2.37. The van der Waals surface area contributed by atoms with E-state index in [0.717, 1.165) is 35.6 Å². The summed E-state index contributed by atoms with van der Waals surface area (Å²) in [6.45, 7) is 1.04. The number of benzene rings is 2. The van der Waals surface area contributed by atoms with E-state index < -0.39 is 0 Å². The van der Waals surface area contributed by atoms with Crippen LogP contribution in [-0.2, 0) is 9.59 Å². The molecule has 2 aliphatic rings. The Morgan fingerprint density at radius 3 is 2.70 bits per heavy atom. The zero-order chi connectivity index (χ0) is 21.3. The van der Waals surface area contributed by atoms with Gasteiger partial charge in [0, 0.05) is 35.8 Å². The number of hydrogen-bond acceptors (Lipinski definition) is 4. The molecule has 0 aliphatic carbocycles. The number of carbonyl (C=O) groups excluding carboxylic acids is 2. The molecule has 0 aromatic heterocycles. The quantitative estimate of drug-likeness (QED) is 0.720. The van der Waals surface area contributed by atoms with Gasteiger partial charge in [0.25, 0.3) is 0 Å². The second-order valence-electron chi connectivity index (χ2n) is 7.68. The second-order valence-corrected chi connectivity index (χ2v) is 8.12. The molecule has 0 N–H and O–H groups in total. The van der Waals surface area contributed by atoms with Gasteiger partial charge in [0.15, 0.2) is 0 Å². The summed E-state index contributed by atoms with van der Waals surface area (Å²) in [6.07, 6.45) is 1.98. The first-order chi connectivity index (χ1) is 14.5. The number of rotatable bonds is 5. The van der Waals surface area contributed by atoms with Gasteiger partial charge in [0.1, 0.15) is 11.5 Å². The Hall–Kier alpha value is -2.73. The zero-order valence-electron chi connectivity index (χ0n) is 17.1. The molecule has 2 fully saturated rings. The SMILES string of the molecule is COc1ccc(OC)c(C2CCCN2C(=O)C2CC(=O)N(c3cccc(Cl)c3)C2)c1. The van der Waals surface area contributed by atoms with Crippen LogP contribution in [0.2, 0.25) is 5.02 Å². The molecule has 158 valence electrons. The van der Waals surface area contributed by atoms with Crippen LogP contribution in [0, 0.1) is 5.92 Å². The van der Waals surface area contributed by atoms with E-state index in [1.54, 1.807) is 31.3 Å². The number of hydrogen-bond donors (Lipinski definition) is 0. The van der Waals surface area contributed by atoms with Crippen molar-refractivity contribution >= 4 is 29.1 Å². The highest BCUT2D eigenvalue weighted by atomic mass is 35.5. The Bertz CT molecular complexity index is 964. The van der Waals surface area contributed by atoms with Gasteiger partial charge in [0.2, 0.25) is 11.8 Å². The maximum Gasteiger partial charge on any atom is 0.228 e. The van der Waals surface area contributed by atoms with Crippen LogP contribution in [0.4, 0.5) is 5.69 Å². The lowest BCUT2D eigenvalue weighted by molar-refractivity contribution is -0.136. The Morgan fingerprint density at radius 1 is 1.13 bits per heavy atom. The number of likely N-dealkylation sites (tertiary alicyclic amines) is 1. The topological polar surface area (TPSA) is 59.1 Å². The Kier molecular flexibility index (Phi) is 5.86. The van der Waals surface area contributed by atoms with Crippen LogP contribution >= 0.6 is 11.6 Å². The summed E-state index contributed by atoms with van der Waals surface area (Å²) in [7, 11) is 3.25. The summed E-state index contributed by atoms with van der Waals surface area (Å²) in [4.78, 5) is 29.6. The van der Waals surface area contributed by atoms with Gasteiger partial charge in [-0.1, -0.05) is 17.7 Å². The average molecular weight is 429 g/mol. The van der Waals surface area contributed by atoms with E-state index in [1.165, 1.54) is 0 Å². The maximum absolute atomic E-state index is 13.4. The van der Waals surface area contributed by atoms with Gasteiger partial charge in [-0.15, -0.1) is 0 Å². The van der Waals surface area contributed by atoms with Gasteiger partial charge in [-0.05, 0) is 49.2 Å². The van der Waals surface area contributed by atoms with Crippen LogP contribution < -0.4 is 14.4 Å². The van der Waals surface area contributed by atoms with Crippen LogP contribution in [0.5, 0.6) is 11.5 Å². The molecule has 2 heterocycles. The molecule has 0 saturated carbocycles. The molecule has 6 nitrogen and oxygen atoms in total. The van der Waals surface area contributed by atoms with Gasteiger partial charge in [-0.2, -0.15) is 0 Å². The zero-order valence-corrected chi connectivity index (χ0v) is 17.9. The third-order valence-corrected chi connectivity index (χ3v) is 6.16. The third-order valence-electron chi connectivity index (χ3n) is 5.93. The number of ether oxygens (including phenoxy) is 2. The van der Waals surface area contributed by atoms with E-state index in [9.17, 15) is 9.59 Å². The summed E-state index contributed by atoms with van der Waals surface area (Å²) in [5, 5.41) is 0.569. The molecule has 2 saturated heterocycles. The Balaban J connectivity index is 1.55. The minimum Gasteiger partial charge on any atom is -0.497 e. The summed E-state index contributed by atoms with van der Waals surface area (Å²) < 4.78 is 10.9. The van der Waals surface area contributed by atoms with Crippen molar-refractivity contribution in [1.29, 1.82) is 0 Å². The van der Waals surface area contributed by atoms with E-state index in [2.05, 4.69) is 0 Å². The van der Waals surface area contributed by atoms with Crippen molar-refractivity contribution in [3.05, 3.63) is 53.1 Å². The van der Waals surface area contributed by atoms with Crippen molar-refractivity contribution in [3.8, 4) is 11.5 Å². The molecule has 0 spiro atoms. The Morgan fingerprint density at radius 2 is 1.97 bits per heavy atom. The highest BCUT2D eigenvalue weighted by Gasteiger charge is 2.41. The van der Waals surface area contributed by atoms with Crippen LogP contribution in [0.1, 0.15) is 30.9 Å². The smallest absolute Gasteiger partial charge is 0.228 e. The van der Waals surface area contributed by atoms with Crippen molar-refractivity contribution in [2.45, 2.75) is 25.3 Å². The monoisotopic (exact) mass is 428 g/mol. The molecule has 4 rings (SSSR count). The van der Waals surface area contributed by atoms with Gasteiger partial charge < -0.3 is 19.3 Å². The summed E-state index contributed by atoms with van der Waals surface area (Å²) in [5.74, 6) is 1.07. The molecule has 2 atom stereocenters. The molecule has 2 unspecified atom stereocenters. The number of nitrogens with zero attached hydrogens (tertiary/aromatic N) is 2. The molecular formula is C23H25ClN2O4. The minimum absolute atomic E-state index is 0.0141. The van der Waals surface area contributed by atoms with Crippen molar-refractivity contribution in [2.75, 3.05) is 32.2 Å². The van der Waals surface area contributed by atoms with Gasteiger partial charge in [-0.3, -0.25) is 9.59 Å². The van der Waals surface area contributed by atoms with Crippen LogP contribution in [-0.4, -0.2) is 44.0 Å². The van der Waals surface area contributed by atoms with Crippen LogP contribution in [0.15, 0.2) is 42.5 Å². The first-order valence-corrected chi connectivity index (χ1v) is 10.5. The normalized spacial score (nSPS) is 21.2. The third kappa shape index (κ3) is 3.84. The Labute approximate surface area is 181 Å². The fourth-order valence-electron chi connectivity index (χ4n) is 4.45. The summed E-state index contributed by atoms with van der Waals surface area (Å²) in [5.41, 5.74) is 1.67. The standard InChI is InChI=1S/C23H25ClN2O4/c1-29-18-8-9-21(30-2)19(13-18)20-7-4-10-25(20)23(28)15-11-22(27)26(14-15)17-6-3-5-16(24)12-17/h3,5-6,8-9,12-13,15,20H,4,7,10-11,14H2,1-2H3. The summed E-state index contributed by atoms with van der Waals surface area (Å²) in [6, 6.07) is 12.8. The van der Waals surface area contributed by atoms with Crippen molar-refractivity contribution in [2.24, 2.45) is 5.92 Å². The minimum atomic E-state index is -0.367. The number of halogens is 1. The lowest BCUT2D eigenvalue weighted by Gasteiger charge is -2.29. The van der Waals surface area contributed by atoms with E-state index in [1.807, 2.05) is 35.2 Å². The molecule has 30 heavy (non-hydrogen) atoms. The van der Waals surface area contributed by atoms with E-state index in [4.69, 9.17) is 21.1 Å². The largest absolute Gasteiger partial charge is 0.497 e. The molecule has 0 radical (unpaired) electrons. The molecule has 2 amide bonds. The number of carbonyl (C=O) groups is 2. The predicted molar refractivity (Wildman–Crippen MR) is 115 cm³/mol. The highest BCUT2D eigenvalue weighted by Crippen LogP contribution is 2.40. The average Bonchev–Trinajstić information content (AvgIpc) is 3.39. The molecular weight excluding hydrogens is 404 g/mol. The fraction of sp³-hybridized carbons (Fsp3) is 0.391. The molecule has 7 heteroatoms. The second kappa shape index (κ2) is 8.56. The molecule has 2 aromatic rings. The fourth-order valence-corrected chi connectivity index (χ4v) is 4.64. The first-order valence-electron chi connectivity index (χ1n) is 10.1. The van der Waals surface area contributed by atoms with E-state index >= 15 is 0 Å². The summed E-state index contributed by atoms with van der Waals surface area (Å²) >= 11 is 6.08. The molecule has 0 bridgehead atoms. The van der Waals surface area contributed by atoms with Gasteiger partial charge >= 0.3 is 0 Å². The predicted octanol–water partition coefficient (Wildman–Crippen LogP) is 4.07. The van der Waals surface area contributed by atoms with E-state index in [-0.39, 0.29) is 30.2 Å². The lowest BCUT2D eigenvalue weighted by atomic mass is 10.0. The van der Waals surface area contributed by atoms with Gasteiger partial charge in [-0.25, -0.2) is 0 Å². The highest BCUT2D eigenvalue weighted by molar-refractivity contribution is 6.31. The van der Waals surface area contributed by atoms with Crippen LogP contribution in [0.3, 0.4) is 0 Å².